The van der Waals surface area contributed by atoms with Gasteiger partial charge in [0.1, 0.15) is 11.4 Å². The maximum absolute atomic E-state index is 8.03. The third kappa shape index (κ3) is 3.97. The molecule has 0 bridgehead atoms. The molecule has 0 aromatic rings. The number of hydrogen-bond acceptors (Lipinski definition) is 4. The van der Waals surface area contributed by atoms with Crippen molar-refractivity contribution >= 4 is 11.4 Å². The predicted octanol–water partition coefficient (Wildman–Crippen LogP) is 0.684. The summed E-state index contributed by atoms with van der Waals surface area (Å²) in [7, 11) is 0. The zero-order valence-electron chi connectivity index (χ0n) is 5.11. The van der Waals surface area contributed by atoms with Crippen LogP contribution in [0.5, 0.6) is 0 Å². The van der Waals surface area contributed by atoms with Crippen LogP contribution in [0.2, 0.25) is 0 Å². The van der Waals surface area contributed by atoms with Gasteiger partial charge in [-0.25, -0.2) is 0 Å². The third-order valence-corrected chi connectivity index (χ3v) is 0.824. The minimum absolute atomic E-state index is 0. The van der Waals surface area contributed by atoms with Crippen molar-refractivity contribution in [3.63, 3.8) is 0 Å². The van der Waals surface area contributed by atoms with E-state index in [1.807, 2.05) is 0 Å². The zero-order valence-corrected chi connectivity index (χ0v) is 6.09. The molecule has 0 aliphatic heterocycles. The average molecular weight is 175 g/mol. The van der Waals surface area contributed by atoms with Crippen LogP contribution in [0.3, 0.4) is 0 Å². The van der Waals surface area contributed by atoms with Gasteiger partial charge < -0.3 is 10.4 Å². The minimum Gasteiger partial charge on any atom is -0.411 e. The molecule has 0 aromatic heterocycles. The summed E-state index contributed by atoms with van der Waals surface area (Å²) in [4.78, 5) is 0. The first kappa shape index (κ1) is 11.3. The van der Waals surface area contributed by atoms with Crippen LogP contribution in [0.15, 0.2) is 10.3 Å². The van der Waals surface area contributed by atoms with Crippen LogP contribution in [-0.4, -0.2) is 21.8 Å². The molecule has 5 heteroatoms. The van der Waals surface area contributed by atoms with Crippen molar-refractivity contribution in [1.82, 2.24) is 0 Å². The van der Waals surface area contributed by atoms with Gasteiger partial charge in [-0.1, -0.05) is 10.3 Å². The molecular formula is C4H8N2NiO2+3. The van der Waals surface area contributed by atoms with Crippen molar-refractivity contribution in [3.8, 4) is 0 Å². The summed E-state index contributed by atoms with van der Waals surface area (Å²) in [5, 5.41) is 21.6. The zero-order chi connectivity index (χ0) is 6.57. The van der Waals surface area contributed by atoms with Crippen LogP contribution in [-0.2, 0) is 16.5 Å². The van der Waals surface area contributed by atoms with Crippen LogP contribution in [0, 0.1) is 0 Å². The van der Waals surface area contributed by atoms with Gasteiger partial charge in [0.25, 0.3) is 0 Å². The second-order valence-electron chi connectivity index (χ2n) is 1.37. The number of rotatable bonds is 1. The summed E-state index contributed by atoms with van der Waals surface area (Å²) in [6.07, 6.45) is 0. The molecular weight excluding hydrogens is 167 g/mol. The van der Waals surface area contributed by atoms with E-state index in [9.17, 15) is 0 Å². The van der Waals surface area contributed by atoms with E-state index < -0.39 is 0 Å². The van der Waals surface area contributed by atoms with Gasteiger partial charge in [0.05, 0.1) is 0 Å². The molecule has 0 saturated carbocycles. The Labute approximate surface area is 63.2 Å². The Kier molecular flexibility index (Phi) is 6.97. The van der Waals surface area contributed by atoms with E-state index in [1.165, 1.54) is 13.8 Å². The van der Waals surface area contributed by atoms with Gasteiger partial charge in [-0.3, -0.25) is 0 Å². The number of nitrogens with zero attached hydrogens (tertiary/aromatic N) is 2. The summed E-state index contributed by atoms with van der Waals surface area (Å²) in [5.41, 5.74) is 0.625. The molecule has 0 aliphatic carbocycles. The second kappa shape index (κ2) is 5.57. The van der Waals surface area contributed by atoms with Crippen LogP contribution < -0.4 is 0 Å². The van der Waals surface area contributed by atoms with Gasteiger partial charge in [0.2, 0.25) is 0 Å². The van der Waals surface area contributed by atoms with Crippen LogP contribution in [0.1, 0.15) is 13.8 Å². The third-order valence-electron chi connectivity index (χ3n) is 0.824. The molecule has 0 aromatic carbocycles. The normalized spacial score (nSPS) is 12.7. The van der Waals surface area contributed by atoms with Gasteiger partial charge in [0, 0.05) is 0 Å². The quantitative estimate of drug-likeness (QED) is 0.266. The standard InChI is InChI=1S/C4H8N2O2.Ni/c1-3(5-7)4(2)6-8;/h7-8H,1-2H3;/q;+3. The summed E-state index contributed by atoms with van der Waals surface area (Å²) >= 11 is 0. The summed E-state index contributed by atoms with van der Waals surface area (Å²) in [6.45, 7) is 3.07. The maximum atomic E-state index is 8.03. The second-order valence-corrected chi connectivity index (χ2v) is 1.37. The molecule has 53 valence electrons. The van der Waals surface area contributed by atoms with Gasteiger partial charge in [0.15, 0.2) is 0 Å². The fourth-order valence-corrected chi connectivity index (χ4v) is 0.145. The van der Waals surface area contributed by atoms with Gasteiger partial charge in [-0.15, -0.1) is 0 Å². The topological polar surface area (TPSA) is 65.2 Å². The molecule has 0 saturated heterocycles. The SMILES string of the molecule is CC(=NO)C(C)=NO.[Ni+3]. The first-order valence-electron chi connectivity index (χ1n) is 2.10. The Morgan fingerprint density at radius 2 is 1.22 bits per heavy atom. The molecule has 0 unspecified atom stereocenters. The van der Waals surface area contributed by atoms with E-state index in [0.29, 0.717) is 11.4 Å². The van der Waals surface area contributed by atoms with E-state index in [0.717, 1.165) is 0 Å². The van der Waals surface area contributed by atoms with E-state index in [2.05, 4.69) is 10.3 Å². The molecule has 1 radical (unpaired) electrons. The summed E-state index contributed by atoms with van der Waals surface area (Å²) < 4.78 is 0. The Morgan fingerprint density at radius 3 is 1.33 bits per heavy atom. The molecule has 9 heavy (non-hydrogen) atoms. The van der Waals surface area contributed by atoms with Crippen molar-refractivity contribution < 1.29 is 26.9 Å². The van der Waals surface area contributed by atoms with E-state index in [1.54, 1.807) is 0 Å². The molecule has 4 nitrogen and oxygen atoms in total. The molecule has 0 fully saturated rings. The Morgan fingerprint density at radius 1 is 1.00 bits per heavy atom. The molecule has 0 heterocycles. The smallest absolute Gasteiger partial charge is 0.411 e. The molecule has 0 atom stereocenters. The monoisotopic (exact) mass is 174 g/mol. The van der Waals surface area contributed by atoms with Crippen molar-refractivity contribution in [1.29, 1.82) is 0 Å². The van der Waals surface area contributed by atoms with Crippen LogP contribution in [0.25, 0.3) is 0 Å². The van der Waals surface area contributed by atoms with E-state index in [4.69, 9.17) is 10.4 Å². The first-order chi connectivity index (χ1) is 3.72. The molecule has 2 N–H and O–H groups in total. The maximum Gasteiger partial charge on any atom is 3.00 e. The Balaban J connectivity index is 0. The van der Waals surface area contributed by atoms with Crippen molar-refractivity contribution in [2.24, 2.45) is 10.3 Å². The molecule has 0 aliphatic rings. The van der Waals surface area contributed by atoms with Crippen molar-refractivity contribution in [2.75, 3.05) is 0 Å². The van der Waals surface area contributed by atoms with Gasteiger partial charge in [-0.2, -0.15) is 0 Å². The van der Waals surface area contributed by atoms with Crippen molar-refractivity contribution in [3.05, 3.63) is 0 Å². The van der Waals surface area contributed by atoms with Gasteiger partial charge in [-0.05, 0) is 13.8 Å². The average Bonchev–Trinajstić information content (AvgIpc) is 1.84. The number of oxime groups is 2. The largest absolute Gasteiger partial charge is 3.00 e. The fraction of sp³-hybridized carbons (Fsp3) is 0.500. The Bertz CT molecular complexity index is 117. The molecule has 0 amide bonds. The summed E-state index contributed by atoms with van der Waals surface area (Å²) in [5.74, 6) is 0. The van der Waals surface area contributed by atoms with Gasteiger partial charge >= 0.3 is 16.5 Å². The Hall–Kier alpha value is -0.566. The van der Waals surface area contributed by atoms with Crippen LogP contribution in [0.4, 0.5) is 0 Å². The predicted molar refractivity (Wildman–Crippen MR) is 29.8 cm³/mol. The fourth-order valence-electron chi connectivity index (χ4n) is 0.145. The van der Waals surface area contributed by atoms with E-state index >= 15 is 0 Å². The molecule has 0 spiro atoms. The van der Waals surface area contributed by atoms with E-state index in [-0.39, 0.29) is 16.5 Å². The summed E-state index contributed by atoms with van der Waals surface area (Å²) in [6, 6.07) is 0. The molecule has 0 rings (SSSR count). The number of hydrogen-bond donors (Lipinski definition) is 2. The van der Waals surface area contributed by atoms with Crippen LogP contribution >= 0.6 is 0 Å². The minimum atomic E-state index is 0. The van der Waals surface area contributed by atoms with Crippen molar-refractivity contribution in [2.45, 2.75) is 13.8 Å². The first-order valence-corrected chi connectivity index (χ1v) is 2.10.